The zero-order valence-electron chi connectivity index (χ0n) is 12.1. The van der Waals surface area contributed by atoms with Crippen LogP contribution in [0.5, 0.6) is 0 Å². The van der Waals surface area contributed by atoms with Crippen molar-refractivity contribution >= 4 is 23.2 Å². The number of H-pyrrole nitrogens is 1. The molecule has 2 aromatic heterocycles. The van der Waals surface area contributed by atoms with Crippen LogP contribution in [-0.4, -0.2) is 53.1 Å². The van der Waals surface area contributed by atoms with E-state index >= 15 is 0 Å². The summed E-state index contributed by atoms with van der Waals surface area (Å²) in [5.41, 5.74) is 1.73. The molecule has 2 amide bonds. The van der Waals surface area contributed by atoms with Gasteiger partial charge in [0, 0.05) is 13.6 Å². The van der Waals surface area contributed by atoms with Crippen molar-refractivity contribution in [1.29, 1.82) is 0 Å². The number of hydrogen-bond donors (Lipinski definition) is 3. The van der Waals surface area contributed by atoms with Crippen molar-refractivity contribution in [3.8, 4) is 10.6 Å². The zero-order chi connectivity index (χ0) is 15.5. The third-order valence-corrected chi connectivity index (χ3v) is 4.35. The number of carbonyl (C=O) groups is 2. The second-order valence-electron chi connectivity index (χ2n) is 5.20. The van der Waals surface area contributed by atoms with Crippen molar-refractivity contribution in [2.24, 2.45) is 0 Å². The van der Waals surface area contributed by atoms with Gasteiger partial charge in [-0.15, -0.1) is 11.3 Å². The highest BCUT2D eigenvalue weighted by molar-refractivity contribution is 7.13. The fourth-order valence-electron chi connectivity index (χ4n) is 2.37. The summed E-state index contributed by atoms with van der Waals surface area (Å²) < 4.78 is 0. The molecule has 0 aromatic carbocycles. The summed E-state index contributed by atoms with van der Waals surface area (Å²) in [7, 11) is 1.72. The minimum absolute atomic E-state index is 0.118. The maximum absolute atomic E-state index is 12.3. The molecule has 3 heterocycles. The summed E-state index contributed by atoms with van der Waals surface area (Å²) in [6.07, 6.45) is 0. The molecule has 116 valence electrons. The standard InChI is InChI=1S/C14H17N5O2S/c1-19(14(21)11-6-15-7-13(20)16-11)8-9-5-10(18-17-9)12-3-2-4-22-12/h2-5,11,15H,6-8H2,1H3,(H,16,20)(H,17,18). The third kappa shape index (κ3) is 3.18. The third-order valence-electron chi connectivity index (χ3n) is 3.46. The topological polar surface area (TPSA) is 90.1 Å². The molecule has 1 saturated heterocycles. The Bertz CT molecular complexity index is 667. The molecule has 1 fully saturated rings. The highest BCUT2D eigenvalue weighted by Gasteiger charge is 2.27. The Morgan fingerprint density at radius 1 is 1.55 bits per heavy atom. The number of hydrogen-bond acceptors (Lipinski definition) is 5. The van der Waals surface area contributed by atoms with Crippen LogP contribution in [0.1, 0.15) is 5.69 Å². The molecule has 8 heteroatoms. The maximum atomic E-state index is 12.3. The Balaban J connectivity index is 1.62. The van der Waals surface area contributed by atoms with Crippen molar-refractivity contribution in [2.75, 3.05) is 20.1 Å². The van der Waals surface area contributed by atoms with E-state index in [-0.39, 0.29) is 18.4 Å². The highest BCUT2D eigenvalue weighted by Crippen LogP contribution is 2.23. The van der Waals surface area contributed by atoms with E-state index in [4.69, 9.17) is 0 Å². The molecule has 0 radical (unpaired) electrons. The van der Waals surface area contributed by atoms with Gasteiger partial charge in [-0.1, -0.05) is 6.07 Å². The lowest BCUT2D eigenvalue weighted by Gasteiger charge is -2.27. The van der Waals surface area contributed by atoms with Crippen molar-refractivity contribution in [3.05, 3.63) is 29.3 Å². The summed E-state index contributed by atoms with van der Waals surface area (Å²) >= 11 is 1.62. The van der Waals surface area contributed by atoms with Crippen LogP contribution in [0.15, 0.2) is 23.6 Å². The quantitative estimate of drug-likeness (QED) is 0.750. The highest BCUT2D eigenvalue weighted by atomic mass is 32.1. The van der Waals surface area contributed by atoms with Gasteiger partial charge in [0.2, 0.25) is 11.8 Å². The van der Waals surface area contributed by atoms with Gasteiger partial charge in [0.15, 0.2) is 0 Å². The van der Waals surface area contributed by atoms with Gasteiger partial charge in [-0.3, -0.25) is 14.7 Å². The van der Waals surface area contributed by atoms with E-state index in [0.29, 0.717) is 13.1 Å². The molecule has 2 aromatic rings. The molecule has 1 aliphatic heterocycles. The zero-order valence-corrected chi connectivity index (χ0v) is 12.9. The fraction of sp³-hybridized carbons (Fsp3) is 0.357. The second kappa shape index (κ2) is 6.29. The van der Waals surface area contributed by atoms with Gasteiger partial charge in [0.05, 0.1) is 23.7 Å². The average Bonchev–Trinajstić information content (AvgIpc) is 3.17. The van der Waals surface area contributed by atoms with Crippen LogP contribution in [0.4, 0.5) is 0 Å². The molecule has 1 atom stereocenters. The number of rotatable bonds is 4. The van der Waals surface area contributed by atoms with Gasteiger partial charge < -0.3 is 15.5 Å². The molecular weight excluding hydrogens is 302 g/mol. The van der Waals surface area contributed by atoms with E-state index in [2.05, 4.69) is 20.8 Å². The number of nitrogens with one attached hydrogen (secondary N) is 3. The van der Waals surface area contributed by atoms with Crippen LogP contribution >= 0.6 is 11.3 Å². The SMILES string of the molecule is CN(Cc1cc(-c2cccs2)n[nH]1)C(=O)C1CNCC(=O)N1. The molecule has 0 saturated carbocycles. The van der Waals surface area contributed by atoms with Crippen molar-refractivity contribution in [2.45, 2.75) is 12.6 Å². The molecule has 0 spiro atoms. The molecule has 0 bridgehead atoms. The fourth-order valence-corrected chi connectivity index (χ4v) is 3.05. The van der Waals surface area contributed by atoms with Crippen LogP contribution in [0, 0.1) is 0 Å². The Labute approximate surface area is 131 Å². The molecule has 1 aliphatic rings. The van der Waals surface area contributed by atoms with Gasteiger partial charge in [0.25, 0.3) is 0 Å². The number of amides is 2. The first-order chi connectivity index (χ1) is 10.6. The Morgan fingerprint density at radius 2 is 2.41 bits per heavy atom. The van der Waals surface area contributed by atoms with Crippen LogP contribution < -0.4 is 10.6 Å². The van der Waals surface area contributed by atoms with Crippen LogP contribution in [-0.2, 0) is 16.1 Å². The number of likely N-dealkylation sites (N-methyl/N-ethyl adjacent to an activating group) is 1. The normalized spacial score (nSPS) is 18.0. The van der Waals surface area contributed by atoms with Crippen LogP contribution in [0.2, 0.25) is 0 Å². The van der Waals surface area contributed by atoms with E-state index < -0.39 is 6.04 Å². The van der Waals surface area contributed by atoms with Crippen LogP contribution in [0.3, 0.4) is 0 Å². The largest absolute Gasteiger partial charge is 0.342 e. The predicted molar refractivity (Wildman–Crippen MR) is 83.2 cm³/mol. The van der Waals surface area contributed by atoms with Crippen molar-refractivity contribution in [1.82, 2.24) is 25.7 Å². The molecule has 7 nitrogen and oxygen atoms in total. The minimum atomic E-state index is -0.508. The number of aromatic nitrogens is 2. The van der Waals surface area contributed by atoms with E-state index in [1.165, 1.54) is 0 Å². The summed E-state index contributed by atoms with van der Waals surface area (Å²) in [5, 5.41) is 14.8. The van der Waals surface area contributed by atoms with Crippen molar-refractivity contribution < 1.29 is 9.59 Å². The minimum Gasteiger partial charge on any atom is -0.342 e. The molecular formula is C14H17N5O2S. The van der Waals surface area contributed by atoms with Gasteiger partial charge in [0.1, 0.15) is 11.7 Å². The number of aromatic amines is 1. The van der Waals surface area contributed by atoms with Gasteiger partial charge in [-0.2, -0.15) is 5.10 Å². The van der Waals surface area contributed by atoms with Gasteiger partial charge >= 0.3 is 0 Å². The Hall–Kier alpha value is -2.19. The summed E-state index contributed by atoms with van der Waals surface area (Å²) in [6, 6.07) is 5.41. The first-order valence-corrected chi connectivity index (χ1v) is 7.84. The lowest BCUT2D eigenvalue weighted by molar-refractivity contribution is -0.136. The molecule has 1 unspecified atom stereocenters. The lowest BCUT2D eigenvalue weighted by atomic mass is 10.2. The summed E-state index contributed by atoms with van der Waals surface area (Å²) in [6.45, 7) is 1.14. The van der Waals surface area contributed by atoms with Crippen LogP contribution in [0.25, 0.3) is 10.6 Å². The number of thiophene rings is 1. The van der Waals surface area contributed by atoms with Gasteiger partial charge in [-0.25, -0.2) is 0 Å². The lowest BCUT2D eigenvalue weighted by Crippen LogP contribution is -2.58. The van der Waals surface area contributed by atoms with E-state index in [9.17, 15) is 9.59 Å². The number of carbonyl (C=O) groups excluding carboxylic acids is 2. The summed E-state index contributed by atoms with van der Waals surface area (Å²) in [4.78, 5) is 26.3. The molecule has 22 heavy (non-hydrogen) atoms. The predicted octanol–water partition coefficient (Wildman–Crippen LogP) is 0.185. The first-order valence-electron chi connectivity index (χ1n) is 6.96. The Kier molecular flexibility index (Phi) is 4.21. The number of nitrogens with zero attached hydrogens (tertiary/aromatic N) is 2. The second-order valence-corrected chi connectivity index (χ2v) is 6.15. The average molecular weight is 319 g/mol. The molecule has 3 N–H and O–H groups in total. The van der Waals surface area contributed by atoms with E-state index in [1.807, 2.05) is 23.6 Å². The first kappa shape index (κ1) is 14.7. The summed E-state index contributed by atoms with van der Waals surface area (Å²) in [5.74, 6) is -0.271. The maximum Gasteiger partial charge on any atom is 0.246 e. The number of piperazine rings is 1. The smallest absolute Gasteiger partial charge is 0.246 e. The van der Waals surface area contributed by atoms with Crippen molar-refractivity contribution in [3.63, 3.8) is 0 Å². The van der Waals surface area contributed by atoms with E-state index in [0.717, 1.165) is 16.3 Å². The molecule has 3 rings (SSSR count). The van der Waals surface area contributed by atoms with E-state index in [1.54, 1.807) is 23.3 Å². The van der Waals surface area contributed by atoms with Gasteiger partial charge in [-0.05, 0) is 17.5 Å². The molecule has 0 aliphatic carbocycles. The monoisotopic (exact) mass is 319 g/mol. The Morgan fingerprint density at radius 3 is 3.14 bits per heavy atom.